The number of aromatic carboxylic acids is 1. The van der Waals surface area contributed by atoms with Crippen LogP contribution in [0, 0.1) is 5.82 Å². The largest absolute Gasteiger partial charge is 0.478 e. The summed E-state index contributed by atoms with van der Waals surface area (Å²) in [6, 6.07) is 10.9. The molecule has 2 aromatic rings. The molecule has 2 aliphatic rings. The zero-order valence-corrected chi connectivity index (χ0v) is 13.5. The standard InChI is InChI=1S/C19H17FN2O3/c20-14-5-2-1-4-13(14)11-22-17-10-12(19(24)25)7-8-15(17)21-9-3-6-16(21)18(22)23/h1-2,4-5,7-8,10,16H,3,6,9,11H2,(H,24,25). The first kappa shape index (κ1) is 15.6. The summed E-state index contributed by atoms with van der Waals surface area (Å²) in [5.41, 5.74) is 1.89. The van der Waals surface area contributed by atoms with Crippen LogP contribution < -0.4 is 9.80 Å². The molecule has 1 unspecified atom stereocenters. The van der Waals surface area contributed by atoms with Gasteiger partial charge in [0.1, 0.15) is 11.9 Å². The van der Waals surface area contributed by atoms with Crippen molar-refractivity contribution in [1.82, 2.24) is 0 Å². The lowest BCUT2D eigenvalue weighted by Crippen LogP contribution is -2.50. The molecule has 2 heterocycles. The Bertz CT molecular complexity index is 867. The highest BCUT2D eigenvalue weighted by atomic mass is 19.1. The van der Waals surface area contributed by atoms with E-state index in [9.17, 15) is 19.1 Å². The van der Waals surface area contributed by atoms with Gasteiger partial charge in [-0.3, -0.25) is 4.79 Å². The van der Waals surface area contributed by atoms with Crippen molar-refractivity contribution in [2.45, 2.75) is 25.4 Å². The number of amides is 1. The van der Waals surface area contributed by atoms with Crippen LogP contribution in [0.3, 0.4) is 0 Å². The number of halogens is 1. The fourth-order valence-corrected chi connectivity index (χ4v) is 3.69. The van der Waals surface area contributed by atoms with Crippen molar-refractivity contribution < 1.29 is 19.1 Å². The molecule has 1 saturated heterocycles. The first-order chi connectivity index (χ1) is 12.1. The van der Waals surface area contributed by atoms with E-state index >= 15 is 0 Å². The van der Waals surface area contributed by atoms with Crippen molar-refractivity contribution in [3.63, 3.8) is 0 Å². The molecular weight excluding hydrogens is 323 g/mol. The van der Waals surface area contributed by atoms with Gasteiger partial charge in [0.2, 0.25) is 5.91 Å². The second-order valence-corrected chi connectivity index (χ2v) is 6.38. The lowest BCUT2D eigenvalue weighted by molar-refractivity contribution is -0.120. The number of benzene rings is 2. The maximum absolute atomic E-state index is 14.1. The third kappa shape index (κ3) is 2.54. The highest BCUT2D eigenvalue weighted by Gasteiger charge is 2.41. The number of rotatable bonds is 3. The van der Waals surface area contributed by atoms with Crippen LogP contribution in [-0.2, 0) is 11.3 Å². The molecule has 0 aliphatic carbocycles. The summed E-state index contributed by atoms with van der Waals surface area (Å²) in [6.45, 7) is 0.856. The van der Waals surface area contributed by atoms with Gasteiger partial charge in [0.05, 0.1) is 23.5 Å². The van der Waals surface area contributed by atoms with Crippen molar-refractivity contribution in [1.29, 1.82) is 0 Å². The first-order valence-corrected chi connectivity index (χ1v) is 8.25. The van der Waals surface area contributed by atoms with Crippen molar-refractivity contribution in [2.24, 2.45) is 0 Å². The highest BCUT2D eigenvalue weighted by Crippen LogP contribution is 2.41. The second kappa shape index (κ2) is 5.88. The summed E-state index contributed by atoms with van der Waals surface area (Å²) < 4.78 is 14.1. The molecule has 0 spiro atoms. The van der Waals surface area contributed by atoms with Gasteiger partial charge in [-0.1, -0.05) is 18.2 Å². The molecular formula is C19H17FN2O3. The monoisotopic (exact) mass is 340 g/mol. The number of carbonyl (C=O) groups excluding carboxylic acids is 1. The Kier molecular flexibility index (Phi) is 3.67. The number of carbonyl (C=O) groups is 2. The summed E-state index contributed by atoms with van der Waals surface area (Å²) in [4.78, 5) is 27.9. The Morgan fingerprint density at radius 1 is 1.20 bits per heavy atom. The third-order valence-electron chi connectivity index (χ3n) is 4.91. The van der Waals surface area contributed by atoms with E-state index in [0.29, 0.717) is 11.3 Å². The Hall–Kier alpha value is -2.89. The molecule has 1 fully saturated rings. The Balaban J connectivity index is 1.82. The smallest absolute Gasteiger partial charge is 0.335 e. The van der Waals surface area contributed by atoms with Crippen LogP contribution in [-0.4, -0.2) is 29.6 Å². The SMILES string of the molecule is O=C(O)c1ccc2c(c1)N(Cc1ccccc1F)C(=O)C1CCCN21. The molecule has 1 N–H and O–H groups in total. The fourth-order valence-electron chi connectivity index (χ4n) is 3.69. The van der Waals surface area contributed by atoms with Gasteiger partial charge in [0.15, 0.2) is 0 Å². The lowest BCUT2D eigenvalue weighted by atomic mass is 10.0. The third-order valence-corrected chi connectivity index (χ3v) is 4.91. The molecule has 6 heteroatoms. The van der Waals surface area contributed by atoms with Crippen LogP contribution in [0.4, 0.5) is 15.8 Å². The number of anilines is 2. The summed E-state index contributed by atoms with van der Waals surface area (Å²) in [7, 11) is 0. The molecule has 0 aromatic heterocycles. The van der Waals surface area contributed by atoms with Crippen LogP contribution in [0.25, 0.3) is 0 Å². The number of hydrogen-bond donors (Lipinski definition) is 1. The van der Waals surface area contributed by atoms with Crippen molar-refractivity contribution >= 4 is 23.3 Å². The zero-order valence-electron chi connectivity index (χ0n) is 13.5. The number of nitrogens with zero attached hydrogens (tertiary/aromatic N) is 2. The predicted octanol–water partition coefficient (Wildman–Crippen LogP) is 3.04. The minimum absolute atomic E-state index is 0.0892. The van der Waals surface area contributed by atoms with Gasteiger partial charge in [-0.15, -0.1) is 0 Å². The Morgan fingerprint density at radius 3 is 2.76 bits per heavy atom. The minimum atomic E-state index is -1.05. The molecule has 4 rings (SSSR count). The number of fused-ring (bicyclic) bond motifs is 3. The number of carboxylic acid groups (broad SMARTS) is 1. The predicted molar refractivity (Wildman–Crippen MR) is 91.4 cm³/mol. The zero-order chi connectivity index (χ0) is 17.6. The molecule has 1 amide bonds. The summed E-state index contributed by atoms with van der Waals surface area (Å²) in [5, 5.41) is 9.28. The van der Waals surface area contributed by atoms with E-state index in [1.54, 1.807) is 30.3 Å². The molecule has 1 atom stereocenters. The van der Waals surface area contributed by atoms with Crippen LogP contribution in [0.5, 0.6) is 0 Å². The molecule has 0 saturated carbocycles. The van der Waals surface area contributed by atoms with Crippen molar-refractivity contribution in [2.75, 3.05) is 16.3 Å². The summed E-state index contributed by atoms with van der Waals surface area (Å²) >= 11 is 0. The van der Waals surface area contributed by atoms with Gasteiger partial charge in [-0.05, 0) is 37.1 Å². The van der Waals surface area contributed by atoms with Crippen LogP contribution in [0.15, 0.2) is 42.5 Å². The fraction of sp³-hybridized carbons (Fsp3) is 0.263. The van der Waals surface area contributed by atoms with Crippen molar-refractivity contribution in [3.05, 3.63) is 59.4 Å². The topological polar surface area (TPSA) is 60.9 Å². The van der Waals surface area contributed by atoms with E-state index in [4.69, 9.17) is 0 Å². The maximum Gasteiger partial charge on any atom is 0.335 e. The molecule has 2 aliphatic heterocycles. The van der Waals surface area contributed by atoms with Crippen LogP contribution in [0.2, 0.25) is 0 Å². The van der Waals surface area contributed by atoms with E-state index in [0.717, 1.165) is 25.1 Å². The Morgan fingerprint density at radius 2 is 2.00 bits per heavy atom. The average Bonchev–Trinajstić information content (AvgIpc) is 3.09. The van der Waals surface area contributed by atoms with Gasteiger partial charge in [-0.2, -0.15) is 0 Å². The molecule has 2 aromatic carbocycles. The molecule has 128 valence electrons. The minimum Gasteiger partial charge on any atom is -0.478 e. The average molecular weight is 340 g/mol. The van der Waals surface area contributed by atoms with Gasteiger partial charge in [0, 0.05) is 12.1 Å². The van der Waals surface area contributed by atoms with Crippen LogP contribution in [0.1, 0.15) is 28.8 Å². The lowest BCUT2D eigenvalue weighted by Gasteiger charge is -2.39. The quantitative estimate of drug-likeness (QED) is 0.933. The van der Waals surface area contributed by atoms with Gasteiger partial charge < -0.3 is 14.9 Å². The molecule has 0 radical (unpaired) electrons. The van der Waals surface area contributed by atoms with E-state index < -0.39 is 5.97 Å². The first-order valence-electron chi connectivity index (χ1n) is 8.25. The van der Waals surface area contributed by atoms with Gasteiger partial charge in [0.25, 0.3) is 0 Å². The molecule has 0 bridgehead atoms. The highest BCUT2D eigenvalue weighted by molar-refractivity contribution is 6.07. The normalized spacial score (nSPS) is 18.9. The summed E-state index contributed by atoms with van der Waals surface area (Å²) in [6.07, 6.45) is 1.66. The van der Waals surface area contributed by atoms with Gasteiger partial charge in [-0.25, -0.2) is 9.18 Å². The van der Waals surface area contributed by atoms with E-state index in [-0.39, 0.29) is 29.9 Å². The van der Waals surface area contributed by atoms with E-state index in [1.165, 1.54) is 17.0 Å². The maximum atomic E-state index is 14.1. The van der Waals surface area contributed by atoms with Crippen molar-refractivity contribution in [3.8, 4) is 0 Å². The molecule has 25 heavy (non-hydrogen) atoms. The van der Waals surface area contributed by atoms with E-state index in [2.05, 4.69) is 0 Å². The molecule has 5 nitrogen and oxygen atoms in total. The number of carboxylic acids is 1. The van der Waals surface area contributed by atoms with Gasteiger partial charge >= 0.3 is 5.97 Å². The van der Waals surface area contributed by atoms with Crippen LogP contribution >= 0.6 is 0 Å². The Labute approximate surface area is 144 Å². The van der Waals surface area contributed by atoms with E-state index in [1.807, 2.05) is 4.90 Å². The number of hydrogen-bond acceptors (Lipinski definition) is 3. The summed E-state index contributed by atoms with van der Waals surface area (Å²) in [5.74, 6) is -1.53. The second-order valence-electron chi connectivity index (χ2n) is 6.38.